The second kappa shape index (κ2) is 17.7. The van der Waals surface area contributed by atoms with Crippen molar-refractivity contribution in [3.8, 4) is 0 Å². The molecule has 0 aromatic heterocycles. The van der Waals surface area contributed by atoms with Gasteiger partial charge in [-0.05, 0) is 138 Å². The number of rotatable bonds is 14. The quantitative estimate of drug-likeness (QED) is 0.0595. The molecule has 0 nitrogen and oxygen atoms in total. The van der Waals surface area contributed by atoms with Gasteiger partial charge in [-0.15, -0.1) is 0 Å². The maximum Gasteiger partial charge on any atom is -0.0105 e. The summed E-state index contributed by atoms with van der Waals surface area (Å²) in [5.41, 5.74) is 10.3. The van der Waals surface area contributed by atoms with Crippen molar-refractivity contribution in [2.75, 3.05) is 0 Å². The third-order valence-corrected chi connectivity index (χ3v) is 11.3. The smallest absolute Gasteiger partial charge is 0.0105 e. The van der Waals surface area contributed by atoms with E-state index in [1.165, 1.54) is 139 Å². The number of unbranched alkanes of at least 4 members (excludes halogenated alkanes) is 4. The van der Waals surface area contributed by atoms with Gasteiger partial charge in [-0.1, -0.05) is 197 Å². The molecule has 0 aliphatic rings. The summed E-state index contributed by atoms with van der Waals surface area (Å²) in [6.45, 7) is 4.52. The maximum absolute atomic E-state index is 2.36. The molecule has 8 aromatic carbocycles. The van der Waals surface area contributed by atoms with Gasteiger partial charge in [0.2, 0.25) is 0 Å². The number of fused-ring (bicyclic) bond motifs is 4. The molecule has 56 heavy (non-hydrogen) atoms. The molecule has 8 rings (SSSR count). The van der Waals surface area contributed by atoms with Crippen molar-refractivity contribution in [1.82, 2.24) is 0 Å². The SMILES string of the molecule is CCCCCc1ccc(C=Cc2cccc3cc4c(C=Cc5cccc6cc7c(C=Cc8ccc(CCCCC)cc8)cccc7cc56)cccc4cc23)cc1. The molecule has 0 N–H and O–H groups in total. The summed E-state index contributed by atoms with van der Waals surface area (Å²) >= 11 is 0. The van der Waals surface area contributed by atoms with E-state index in [2.05, 4.69) is 196 Å². The molecule has 0 heterocycles. The van der Waals surface area contributed by atoms with E-state index < -0.39 is 0 Å². The lowest BCUT2D eigenvalue weighted by molar-refractivity contribution is 0.717. The zero-order valence-corrected chi connectivity index (χ0v) is 33.0. The standard InChI is InChI=1S/C56H52/c1-3-5-7-13-41-23-27-43(28-24-41)31-33-45-15-9-19-49-39-55-47(17-11-21-51(55)37-53(45)49)35-36-48-18-12-22-52-38-54-46(16-10-20-50(54)40-56(48)52)34-32-44-29-25-42(26-30-44)14-8-6-4-2/h9-12,15-40H,3-8,13-14H2,1-2H3. The minimum Gasteiger partial charge on any atom is -0.0654 e. The van der Waals surface area contributed by atoms with Gasteiger partial charge in [0.15, 0.2) is 0 Å². The van der Waals surface area contributed by atoms with Crippen molar-refractivity contribution in [3.05, 3.63) is 190 Å². The number of benzene rings is 8. The van der Waals surface area contributed by atoms with Gasteiger partial charge in [0.05, 0.1) is 0 Å². The predicted molar refractivity (Wildman–Crippen MR) is 249 cm³/mol. The van der Waals surface area contributed by atoms with Gasteiger partial charge in [-0.2, -0.15) is 0 Å². The van der Waals surface area contributed by atoms with E-state index in [1.807, 2.05) is 0 Å². The summed E-state index contributed by atoms with van der Waals surface area (Å²) in [6, 6.07) is 54.2. The first-order chi connectivity index (χ1) is 27.6. The molecular formula is C56H52. The average Bonchev–Trinajstić information content (AvgIpc) is 3.24. The van der Waals surface area contributed by atoms with Gasteiger partial charge < -0.3 is 0 Å². The van der Waals surface area contributed by atoms with E-state index in [1.54, 1.807) is 0 Å². The molecule has 0 bridgehead atoms. The van der Waals surface area contributed by atoms with Crippen LogP contribution >= 0.6 is 0 Å². The van der Waals surface area contributed by atoms with Crippen molar-refractivity contribution in [2.45, 2.75) is 65.2 Å². The Hall–Kier alpha value is -5.98. The zero-order chi connectivity index (χ0) is 38.1. The van der Waals surface area contributed by atoms with Crippen LogP contribution in [0.5, 0.6) is 0 Å². The predicted octanol–water partition coefficient (Wildman–Crippen LogP) is 16.3. The van der Waals surface area contributed by atoms with E-state index >= 15 is 0 Å². The molecule has 0 fully saturated rings. The minimum atomic E-state index is 1.17. The molecule has 0 amide bonds. The van der Waals surface area contributed by atoms with Crippen molar-refractivity contribution >= 4 is 79.5 Å². The van der Waals surface area contributed by atoms with Crippen molar-refractivity contribution in [1.29, 1.82) is 0 Å². The summed E-state index contributed by atoms with van der Waals surface area (Å²) < 4.78 is 0. The van der Waals surface area contributed by atoms with Crippen LogP contribution in [-0.4, -0.2) is 0 Å². The number of hydrogen-bond acceptors (Lipinski definition) is 0. The molecule has 0 aliphatic carbocycles. The Labute approximate surface area is 333 Å². The van der Waals surface area contributed by atoms with Gasteiger partial charge in [-0.3, -0.25) is 0 Å². The van der Waals surface area contributed by atoms with Gasteiger partial charge in [0.25, 0.3) is 0 Å². The number of hydrogen-bond donors (Lipinski definition) is 0. The van der Waals surface area contributed by atoms with Gasteiger partial charge >= 0.3 is 0 Å². The van der Waals surface area contributed by atoms with Gasteiger partial charge in [-0.25, -0.2) is 0 Å². The van der Waals surface area contributed by atoms with Crippen LogP contribution in [0.25, 0.3) is 79.5 Å². The normalized spacial score (nSPS) is 12.1. The molecule has 0 saturated heterocycles. The summed E-state index contributed by atoms with van der Waals surface area (Å²) in [6.07, 6.45) is 23.6. The molecule has 0 atom stereocenters. The molecule has 8 aromatic rings. The van der Waals surface area contributed by atoms with Crippen LogP contribution in [-0.2, 0) is 12.8 Å². The van der Waals surface area contributed by atoms with Gasteiger partial charge in [0.1, 0.15) is 0 Å². The Morgan fingerprint density at radius 2 is 0.625 bits per heavy atom. The molecule has 276 valence electrons. The second-order valence-electron chi connectivity index (χ2n) is 15.4. The lowest BCUT2D eigenvalue weighted by Crippen LogP contribution is -1.86. The Morgan fingerprint density at radius 3 is 0.929 bits per heavy atom. The minimum absolute atomic E-state index is 1.17. The van der Waals surface area contributed by atoms with Crippen LogP contribution in [0.2, 0.25) is 0 Å². The lowest BCUT2D eigenvalue weighted by atomic mass is 9.95. The van der Waals surface area contributed by atoms with Crippen molar-refractivity contribution < 1.29 is 0 Å². The van der Waals surface area contributed by atoms with E-state index in [0.29, 0.717) is 0 Å². The second-order valence-corrected chi connectivity index (χ2v) is 15.4. The monoisotopic (exact) mass is 724 g/mol. The third kappa shape index (κ3) is 8.61. The topological polar surface area (TPSA) is 0 Å². The summed E-state index contributed by atoms with van der Waals surface area (Å²) in [7, 11) is 0. The molecular weight excluding hydrogens is 673 g/mol. The van der Waals surface area contributed by atoms with Crippen LogP contribution in [0.4, 0.5) is 0 Å². The largest absolute Gasteiger partial charge is 0.0654 e. The molecule has 0 spiro atoms. The van der Waals surface area contributed by atoms with Crippen LogP contribution in [0.1, 0.15) is 96.9 Å². The first kappa shape index (κ1) is 37.0. The highest BCUT2D eigenvalue weighted by atomic mass is 14.1. The molecule has 0 aliphatic heterocycles. The Bertz CT molecular complexity index is 2490. The highest BCUT2D eigenvalue weighted by Crippen LogP contribution is 2.32. The fourth-order valence-corrected chi connectivity index (χ4v) is 8.08. The third-order valence-electron chi connectivity index (χ3n) is 11.3. The van der Waals surface area contributed by atoms with E-state index in [-0.39, 0.29) is 0 Å². The molecule has 0 radical (unpaired) electrons. The highest BCUT2D eigenvalue weighted by Gasteiger charge is 2.07. The molecule has 0 unspecified atom stereocenters. The Kier molecular flexibility index (Phi) is 11.7. The van der Waals surface area contributed by atoms with E-state index in [9.17, 15) is 0 Å². The van der Waals surface area contributed by atoms with Crippen LogP contribution < -0.4 is 0 Å². The number of aryl methyl sites for hydroxylation is 2. The van der Waals surface area contributed by atoms with E-state index in [4.69, 9.17) is 0 Å². The molecule has 0 saturated carbocycles. The summed E-state index contributed by atoms with van der Waals surface area (Å²) in [5.74, 6) is 0. The first-order valence-electron chi connectivity index (χ1n) is 20.8. The van der Waals surface area contributed by atoms with Crippen molar-refractivity contribution in [3.63, 3.8) is 0 Å². The van der Waals surface area contributed by atoms with Gasteiger partial charge in [0, 0.05) is 0 Å². The van der Waals surface area contributed by atoms with Crippen LogP contribution in [0.15, 0.2) is 146 Å². The first-order valence-corrected chi connectivity index (χ1v) is 20.8. The Balaban J connectivity index is 1.04. The fourth-order valence-electron chi connectivity index (χ4n) is 8.08. The summed E-state index contributed by atoms with van der Waals surface area (Å²) in [5, 5.41) is 10.1. The fraction of sp³-hybridized carbons (Fsp3) is 0.179. The zero-order valence-electron chi connectivity index (χ0n) is 33.0. The average molecular weight is 725 g/mol. The Morgan fingerprint density at radius 1 is 0.321 bits per heavy atom. The lowest BCUT2D eigenvalue weighted by Gasteiger charge is -2.09. The molecule has 0 heteroatoms. The highest BCUT2D eigenvalue weighted by molar-refractivity contribution is 6.08. The van der Waals surface area contributed by atoms with Crippen molar-refractivity contribution in [2.24, 2.45) is 0 Å². The maximum atomic E-state index is 2.36. The summed E-state index contributed by atoms with van der Waals surface area (Å²) in [4.78, 5) is 0. The van der Waals surface area contributed by atoms with Crippen LogP contribution in [0.3, 0.4) is 0 Å². The van der Waals surface area contributed by atoms with Crippen LogP contribution in [0, 0.1) is 0 Å². The van der Waals surface area contributed by atoms with E-state index in [0.717, 1.165) is 0 Å².